The smallest absolute Gasteiger partial charge is 0.376 e. The summed E-state index contributed by atoms with van der Waals surface area (Å²) in [6.45, 7) is 2.74. The number of halogens is 3. The van der Waals surface area contributed by atoms with Crippen LogP contribution in [0, 0.1) is 5.92 Å². The minimum Gasteiger partial charge on any atom is -0.376 e. The Bertz CT molecular complexity index is 640. The molecular weight excluding hydrogens is 315 g/mol. The zero-order chi connectivity index (χ0) is 17.0. The fourth-order valence-electron chi connectivity index (χ4n) is 3.12. The molecule has 1 N–H and O–H groups in total. The van der Waals surface area contributed by atoms with Crippen molar-refractivity contribution in [1.82, 2.24) is 5.32 Å². The van der Waals surface area contributed by atoms with Crippen LogP contribution < -0.4 is 5.32 Å². The number of rotatable bonds is 5. The Kier molecular flexibility index (Phi) is 5.21. The highest BCUT2D eigenvalue weighted by Gasteiger charge is 2.30. The van der Waals surface area contributed by atoms with Gasteiger partial charge < -0.3 is 10.1 Å². The van der Waals surface area contributed by atoms with Gasteiger partial charge in [-0.1, -0.05) is 42.5 Å². The van der Waals surface area contributed by atoms with Crippen molar-refractivity contribution < 1.29 is 17.9 Å². The summed E-state index contributed by atoms with van der Waals surface area (Å²) in [5.41, 5.74) is 1.42. The average Bonchev–Trinajstić information content (AvgIpc) is 3.04. The number of hydrogen-bond donors (Lipinski definition) is 1. The van der Waals surface area contributed by atoms with Gasteiger partial charge in [0, 0.05) is 24.9 Å². The maximum atomic E-state index is 12.5. The zero-order valence-electron chi connectivity index (χ0n) is 13.2. The molecule has 1 aliphatic heterocycles. The molecule has 2 aromatic rings. The second kappa shape index (κ2) is 7.36. The normalized spacial score (nSPS) is 21.1. The lowest BCUT2D eigenvalue weighted by Gasteiger charge is -2.19. The molecule has 0 unspecified atom stereocenters. The highest BCUT2D eigenvalue weighted by atomic mass is 19.4. The van der Waals surface area contributed by atoms with Crippen molar-refractivity contribution in [3.8, 4) is 0 Å². The van der Waals surface area contributed by atoms with E-state index in [0.29, 0.717) is 25.0 Å². The van der Waals surface area contributed by atoms with Crippen LogP contribution in [0.5, 0.6) is 0 Å². The third kappa shape index (κ3) is 4.16. The number of nitrogens with one attached hydrogen (secondary N) is 1. The van der Waals surface area contributed by atoms with Crippen LogP contribution in [-0.2, 0) is 17.5 Å². The van der Waals surface area contributed by atoms with Crippen LogP contribution in [0.15, 0.2) is 54.6 Å². The van der Waals surface area contributed by atoms with E-state index in [9.17, 15) is 13.2 Å². The Balaban J connectivity index is 1.52. The van der Waals surface area contributed by atoms with Gasteiger partial charge in [0.1, 0.15) is 0 Å². The highest BCUT2D eigenvalue weighted by Crippen LogP contribution is 2.30. The molecule has 2 nitrogen and oxygen atoms in total. The Morgan fingerprint density at radius 2 is 1.67 bits per heavy atom. The van der Waals surface area contributed by atoms with Crippen molar-refractivity contribution in [2.75, 3.05) is 19.7 Å². The van der Waals surface area contributed by atoms with Gasteiger partial charge in [-0.05, 0) is 23.3 Å². The van der Waals surface area contributed by atoms with Gasteiger partial charge >= 0.3 is 6.18 Å². The molecule has 0 amide bonds. The standard InChI is InChI=1S/C19H20F3NO/c20-19(21,22)17-8-6-14(7-9-17)12-24-13-16-10-23-11-18(16)15-4-2-1-3-5-15/h1-9,16,18,23H,10-13H2/t16-,18-/m1/s1. The van der Waals surface area contributed by atoms with Crippen LogP contribution in [0.1, 0.15) is 22.6 Å². The molecule has 1 heterocycles. The third-order valence-corrected chi connectivity index (χ3v) is 4.45. The molecule has 0 aliphatic carbocycles. The van der Waals surface area contributed by atoms with Gasteiger partial charge in [-0.25, -0.2) is 0 Å². The molecule has 3 rings (SSSR count). The zero-order valence-corrected chi connectivity index (χ0v) is 13.2. The van der Waals surface area contributed by atoms with E-state index < -0.39 is 11.7 Å². The van der Waals surface area contributed by atoms with Crippen molar-refractivity contribution >= 4 is 0 Å². The largest absolute Gasteiger partial charge is 0.416 e. The monoisotopic (exact) mass is 335 g/mol. The summed E-state index contributed by atoms with van der Waals surface area (Å²) in [5.74, 6) is 0.792. The molecule has 128 valence electrons. The first kappa shape index (κ1) is 17.0. The van der Waals surface area contributed by atoms with E-state index in [1.54, 1.807) is 0 Å². The molecule has 1 fully saturated rings. The van der Waals surface area contributed by atoms with Crippen LogP contribution in [0.4, 0.5) is 13.2 Å². The lowest BCUT2D eigenvalue weighted by Crippen LogP contribution is -2.17. The third-order valence-electron chi connectivity index (χ3n) is 4.45. The second-order valence-corrected chi connectivity index (χ2v) is 6.15. The van der Waals surface area contributed by atoms with E-state index >= 15 is 0 Å². The van der Waals surface area contributed by atoms with E-state index in [2.05, 4.69) is 17.4 Å². The Hall–Kier alpha value is -1.85. The van der Waals surface area contributed by atoms with Crippen LogP contribution in [0.25, 0.3) is 0 Å². The van der Waals surface area contributed by atoms with Crippen LogP contribution in [0.3, 0.4) is 0 Å². The van der Waals surface area contributed by atoms with E-state index in [-0.39, 0.29) is 0 Å². The molecule has 1 saturated heterocycles. The van der Waals surface area contributed by atoms with E-state index in [1.165, 1.54) is 17.7 Å². The van der Waals surface area contributed by atoms with Gasteiger partial charge in [0.25, 0.3) is 0 Å². The average molecular weight is 335 g/mol. The van der Waals surface area contributed by atoms with Gasteiger partial charge in [0.05, 0.1) is 18.8 Å². The molecular formula is C19H20F3NO. The molecule has 0 radical (unpaired) electrons. The Morgan fingerprint density at radius 3 is 2.33 bits per heavy atom. The van der Waals surface area contributed by atoms with Gasteiger partial charge in [-0.2, -0.15) is 13.2 Å². The molecule has 24 heavy (non-hydrogen) atoms. The molecule has 2 aromatic carbocycles. The molecule has 0 aromatic heterocycles. The number of benzene rings is 2. The van der Waals surface area contributed by atoms with E-state index in [0.717, 1.165) is 30.8 Å². The predicted octanol–water partition coefficient (Wildman–Crippen LogP) is 4.23. The van der Waals surface area contributed by atoms with Crippen LogP contribution in [-0.4, -0.2) is 19.7 Å². The quantitative estimate of drug-likeness (QED) is 0.883. The summed E-state index contributed by atoms with van der Waals surface area (Å²) in [6, 6.07) is 15.5. The molecule has 0 saturated carbocycles. The van der Waals surface area contributed by atoms with Crippen LogP contribution >= 0.6 is 0 Å². The maximum Gasteiger partial charge on any atom is 0.416 e. The maximum absolute atomic E-state index is 12.5. The molecule has 2 atom stereocenters. The molecule has 0 bridgehead atoms. The van der Waals surface area contributed by atoms with Crippen molar-refractivity contribution in [2.45, 2.75) is 18.7 Å². The fraction of sp³-hybridized carbons (Fsp3) is 0.368. The summed E-state index contributed by atoms with van der Waals surface area (Å²) >= 11 is 0. The van der Waals surface area contributed by atoms with Crippen molar-refractivity contribution in [2.24, 2.45) is 5.92 Å². The van der Waals surface area contributed by atoms with Crippen LogP contribution in [0.2, 0.25) is 0 Å². The number of alkyl halides is 3. The van der Waals surface area contributed by atoms with Crippen molar-refractivity contribution in [3.05, 3.63) is 71.3 Å². The van der Waals surface area contributed by atoms with Crippen molar-refractivity contribution in [3.63, 3.8) is 0 Å². The van der Waals surface area contributed by atoms with E-state index in [4.69, 9.17) is 4.74 Å². The summed E-state index contributed by atoms with van der Waals surface area (Å²) in [7, 11) is 0. The first-order valence-electron chi connectivity index (χ1n) is 8.03. The topological polar surface area (TPSA) is 21.3 Å². The summed E-state index contributed by atoms with van der Waals surface area (Å²) in [5, 5.41) is 3.39. The van der Waals surface area contributed by atoms with Gasteiger partial charge in [0.2, 0.25) is 0 Å². The first-order valence-corrected chi connectivity index (χ1v) is 8.03. The minimum absolute atomic E-state index is 0.330. The summed E-state index contributed by atoms with van der Waals surface area (Å²) < 4.78 is 43.4. The first-order chi connectivity index (χ1) is 11.5. The minimum atomic E-state index is -4.29. The van der Waals surface area contributed by atoms with Gasteiger partial charge in [-0.3, -0.25) is 0 Å². The summed E-state index contributed by atoms with van der Waals surface area (Å²) in [4.78, 5) is 0. The molecule has 1 aliphatic rings. The molecule has 5 heteroatoms. The second-order valence-electron chi connectivity index (χ2n) is 6.15. The lowest BCUT2D eigenvalue weighted by molar-refractivity contribution is -0.137. The lowest BCUT2D eigenvalue weighted by atomic mass is 9.89. The summed E-state index contributed by atoms with van der Waals surface area (Å²) in [6.07, 6.45) is -4.29. The predicted molar refractivity (Wildman–Crippen MR) is 86.6 cm³/mol. The Labute approximate surface area is 139 Å². The molecule has 0 spiro atoms. The van der Waals surface area contributed by atoms with E-state index in [1.807, 2.05) is 18.2 Å². The number of ether oxygens (including phenoxy) is 1. The van der Waals surface area contributed by atoms with Gasteiger partial charge in [-0.15, -0.1) is 0 Å². The highest BCUT2D eigenvalue weighted by molar-refractivity contribution is 5.24. The Morgan fingerprint density at radius 1 is 0.958 bits per heavy atom. The number of hydrogen-bond acceptors (Lipinski definition) is 2. The van der Waals surface area contributed by atoms with Gasteiger partial charge in [0.15, 0.2) is 0 Å². The fourth-order valence-corrected chi connectivity index (χ4v) is 3.12. The van der Waals surface area contributed by atoms with Crippen molar-refractivity contribution in [1.29, 1.82) is 0 Å². The SMILES string of the molecule is FC(F)(F)c1ccc(COC[C@H]2CNC[C@@H]2c2ccccc2)cc1.